The van der Waals surface area contributed by atoms with E-state index in [-0.39, 0.29) is 19.0 Å². The second-order valence-corrected chi connectivity index (χ2v) is 6.90. The van der Waals surface area contributed by atoms with Gasteiger partial charge in [-0.2, -0.15) is 0 Å². The maximum Gasteiger partial charge on any atom is 0.312 e. The lowest BCUT2D eigenvalue weighted by atomic mass is 10.1. The lowest BCUT2D eigenvalue weighted by Crippen LogP contribution is -2.10. The molecule has 0 bridgehead atoms. The molecule has 5 nitrogen and oxygen atoms in total. The van der Waals surface area contributed by atoms with Crippen LogP contribution in [0.1, 0.15) is 22.4 Å². The van der Waals surface area contributed by atoms with E-state index >= 15 is 0 Å². The van der Waals surface area contributed by atoms with Crippen molar-refractivity contribution in [1.29, 1.82) is 0 Å². The van der Waals surface area contributed by atoms with Crippen molar-refractivity contribution < 1.29 is 9.53 Å². The van der Waals surface area contributed by atoms with Crippen molar-refractivity contribution >= 4 is 11.7 Å². The molecule has 4 rings (SSSR count). The Morgan fingerprint density at radius 1 is 1.00 bits per heavy atom. The van der Waals surface area contributed by atoms with Crippen molar-refractivity contribution in [2.45, 2.75) is 26.9 Å². The van der Waals surface area contributed by atoms with E-state index in [1.807, 2.05) is 79.0 Å². The highest BCUT2D eigenvalue weighted by Gasteiger charge is 2.18. The Kier molecular flexibility index (Phi) is 4.89. The summed E-state index contributed by atoms with van der Waals surface area (Å²) in [6.07, 6.45) is 3.86. The summed E-state index contributed by atoms with van der Waals surface area (Å²) in [5, 5.41) is 0. The van der Waals surface area contributed by atoms with E-state index in [0.717, 1.165) is 28.1 Å². The third-order valence-corrected chi connectivity index (χ3v) is 4.59. The molecule has 4 aromatic rings. The van der Waals surface area contributed by atoms with E-state index in [0.29, 0.717) is 5.78 Å². The number of carbonyl (C=O) groups is 1. The summed E-state index contributed by atoms with van der Waals surface area (Å²) in [6, 6.07) is 17.8. The van der Waals surface area contributed by atoms with Gasteiger partial charge in [-0.05, 0) is 25.0 Å². The molecule has 5 heteroatoms. The van der Waals surface area contributed by atoms with Crippen molar-refractivity contribution in [2.24, 2.45) is 0 Å². The van der Waals surface area contributed by atoms with Crippen LogP contribution in [0.5, 0.6) is 0 Å². The predicted octanol–water partition coefficient (Wildman–Crippen LogP) is 4.30. The van der Waals surface area contributed by atoms with E-state index in [9.17, 15) is 4.79 Å². The number of imidazole rings is 1. The van der Waals surface area contributed by atoms with Gasteiger partial charge in [-0.25, -0.2) is 9.97 Å². The van der Waals surface area contributed by atoms with Crippen LogP contribution in [0.25, 0.3) is 17.0 Å². The number of fused-ring (bicyclic) bond motifs is 1. The lowest BCUT2D eigenvalue weighted by Gasteiger charge is -2.07. The molecule has 0 atom stereocenters. The molecule has 2 heterocycles. The van der Waals surface area contributed by atoms with Crippen LogP contribution in [0.4, 0.5) is 0 Å². The van der Waals surface area contributed by atoms with Gasteiger partial charge in [0.2, 0.25) is 5.78 Å². The fraction of sp³-hybridized carbons (Fsp3) is 0.174. The number of nitrogens with zero attached hydrogens (tertiary/aromatic N) is 3. The van der Waals surface area contributed by atoms with Crippen LogP contribution in [0.2, 0.25) is 0 Å². The molecule has 0 saturated carbocycles. The minimum absolute atomic E-state index is 0.127. The third-order valence-electron chi connectivity index (χ3n) is 4.59. The molecule has 0 aliphatic heterocycles. The average Bonchev–Trinajstić information content (AvgIpc) is 3.05. The zero-order valence-electron chi connectivity index (χ0n) is 15.9. The van der Waals surface area contributed by atoms with E-state index in [4.69, 9.17) is 4.74 Å². The topological polar surface area (TPSA) is 56.5 Å². The predicted molar refractivity (Wildman–Crippen MR) is 108 cm³/mol. The second kappa shape index (κ2) is 7.64. The first-order chi connectivity index (χ1) is 13.6. The average molecular weight is 371 g/mol. The molecule has 0 amide bonds. The Morgan fingerprint density at radius 2 is 1.75 bits per heavy atom. The van der Waals surface area contributed by atoms with Crippen molar-refractivity contribution in [1.82, 2.24) is 14.4 Å². The molecular weight excluding hydrogens is 350 g/mol. The first-order valence-electron chi connectivity index (χ1n) is 9.20. The van der Waals surface area contributed by atoms with Crippen molar-refractivity contribution in [3.05, 3.63) is 89.4 Å². The van der Waals surface area contributed by atoms with Gasteiger partial charge in [0.25, 0.3) is 0 Å². The highest BCUT2D eigenvalue weighted by atomic mass is 16.5. The summed E-state index contributed by atoms with van der Waals surface area (Å²) in [6.45, 7) is 4.27. The summed E-state index contributed by atoms with van der Waals surface area (Å²) in [5.74, 6) is 0.285. The third kappa shape index (κ3) is 3.78. The van der Waals surface area contributed by atoms with Crippen LogP contribution in [-0.4, -0.2) is 20.3 Å². The number of hydrogen-bond acceptors (Lipinski definition) is 4. The van der Waals surface area contributed by atoms with Crippen LogP contribution in [0, 0.1) is 13.8 Å². The number of esters is 1. The van der Waals surface area contributed by atoms with Crippen molar-refractivity contribution in [3.8, 4) is 11.3 Å². The largest absolute Gasteiger partial charge is 0.461 e. The second-order valence-electron chi connectivity index (χ2n) is 6.90. The molecule has 0 spiro atoms. The molecule has 28 heavy (non-hydrogen) atoms. The number of carbonyl (C=O) groups excluding carboxylic acids is 1. The van der Waals surface area contributed by atoms with Gasteiger partial charge in [0, 0.05) is 18.0 Å². The zero-order chi connectivity index (χ0) is 19.5. The summed E-state index contributed by atoms with van der Waals surface area (Å²) < 4.78 is 7.37. The van der Waals surface area contributed by atoms with E-state index in [1.165, 1.54) is 5.56 Å². The molecule has 2 aromatic heterocycles. The van der Waals surface area contributed by atoms with Gasteiger partial charge < -0.3 is 4.74 Å². The summed E-state index contributed by atoms with van der Waals surface area (Å²) in [7, 11) is 0. The standard InChI is InChI=1S/C23H21N3O2/c1-16-8-10-19(11-9-16)22-20(26-14-17(2)13-24-23(26)25-22)12-21(27)28-15-18-6-4-3-5-7-18/h3-11,13-14H,12,15H2,1-2H3. The highest BCUT2D eigenvalue weighted by Crippen LogP contribution is 2.25. The maximum absolute atomic E-state index is 12.6. The summed E-state index contributed by atoms with van der Waals surface area (Å²) >= 11 is 0. The molecule has 0 unspecified atom stereocenters. The Morgan fingerprint density at radius 3 is 2.50 bits per heavy atom. The number of benzene rings is 2. The Labute approximate surface area is 163 Å². The minimum Gasteiger partial charge on any atom is -0.461 e. The maximum atomic E-state index is 12.6. The monoisotopic (exact) mass is 371 g/mol. The minimum atomic E-state index is -0.291. The molecule has 0 saturated heterocycles. The van der Waals surface area contributed by atoms with Crippen LogP contribution < -0.4 is 0 Å². The number of aromatic nitrogens is 3. The van der Waals surface area contributed by atoms with Gasteiger partial charge in [0.1, 0.15) is 6.61 Å². The Balaban J connectivity index is 1.66. The number of aryl methyl sites for hydroxylation is 2. The van der Waals surface area contributed by atoms with Crippen molar-refractivity contribution in [2.75, 3.05) is 0 Å². The molecule has 0 N–H and O–H groups in total. The quantitative estimate of drug-likeness (QED) is 0.491. The van der Waals surface area contributed by atoms with Gasteiger partial charge in [-0.1, -0.05) is 60.2 Å². The molecule has 0 fully saturated rings. The highest BCUT2D eigenvalue weighted by molar-refractivity contribution is 5.77. The van der Waals surface area contributed by atoms with Crippen LogP contribution >= 0.6 is 0 Å². The van der Waals surface area contributed by atoms with Crippen LogP contribution in [0.3, 0.4) is 0 Å². The first-order valence-corrected chi connectivity index (χ1v) is 9.20. The molecule has 2 aromatic carbocycles. The van der Waals surface area contributed by atoms with Gasteiger partial charge in [-0.15, -0.1) is 0 Å². The summed E-state index contributed by atoms with van der Waals surface area (Å²) in [5.41, 5.74) is 5.64. The molecular formula is C23H21N3O2. The molecule has 140 valence electrons. The smallest absolute Gasteiger partial charge is 0.312 e. The van der Waals surface area contributed by atoms with Gasteiger partial charge in [-0.3, -0.25) is 9.20 Å². The lowest BCUT2D eigenvalue weighted by molar-refractivity contribution is -0.144. The zero-order valence-corrected chi connectivity index (χ0v) is 15.9. The Bertz CT molecular complexity index is 1120. The number of hydrogen-bond donors (Lipinski definition) is 0. The van der Waals surface area contributed by atoms with Gasteiger partial charge in [0.05, 0.1) is 17.8 Å². The molecule has 0 radical (unpaired) electrons. The van der Waals surface area contributed by atoms with E-state index in [2.05, 4.69) is 9.97 Å². The van der Waals surface area contributed by atoms with Crippen molar-refractivity contribution in [3.63, 3.8) is 0 Å². The molecule has 0 aliphatic rings. The first kappa shape index (κ1) is 17.9. The van der Waals surface area contributed by atoms with Crippen LogP contribution in [-0.2, 0) is 22.6 Å². The van der Waals surface area contributed by atoms with Crippen LogP contribution in [0.15, 0.2) is 67.0 Å². The normalized spacial score (nSPS) is 10.9. The fourth-order valence-electron chi connectivity index (χ4n) is 3.11. The molecule has 0 aliphatic carbocycles. The van der Waals surface area contributed by atoms with Gasteiger partial charge in [0.15, 0.2) is 0 Å². The fourth-order valence-corrected chi connectivity index (χ4v) is 3.11. The van der Waals surface area contributed by atoms with E-state index in [1.54, 1.807) is 6.20 Å². The van der Waals surface area contributed by atoms with Gasteiger partial charge >= 0.3 is 5.97 Å². The Hall–Kier alpha value is -3.47. The number of ether oxygens (including phenoxy) is 1. The SMILES string of the molecule is Cc1ccc(-c2nc3ncc(C)cn3c2CC(=O)OCc2ccccc2)cc1. The number of rotatable bonds is 5. The van der Waals surface area contributed by atoms with E-state index < -0.39 is 0 Å². The summed E-state index contributed by atoms with van der Waals surface area (Å²) in [4.78, 5) is 21.6.